The van der Waals surface area contributed by atoms with Gasteiger partial charge in [-0.3, -0.25) is 0 Å². The van der Waals surface area contributed by atoms with Crippen LogP contribution in [0.1, 0.15) is 16.1 Å². The summed E-state index contributed by atoms with van der Waals surface area (Å²) in [4.78, 5) is 16.8. The summed E-state index contributed by atoms with van der Waals surface area (Å²) in [7, 11) is 1.12. The van der Waals surface area contributed by atoms with Crippen LogP contribution in [-0.2, 0) is 6.18 Å². The number of ether oxygens (including phenoxy) is 1. The van der Waals surface area contributed by atoms with Gasteiger partial charge in [0.15, 0.2) is 5.69 Å². The standard InChI is InChI=1S/C7H5F3N2O3/c1-15-6-11-2-3(7(8,9)10)4(12-6)5(13)14/h2H,1H3,(H,13,14). The number of aromatic nitrogens is 2. The highest BCUT2D eigenvalue weighted by molar-refractivity contribution is 5.87. The monoisotopic (exact) mass is 222 g/mol. The Morgan fingerprint density at radius 1 is 1.53 bits per heavy atom. The molecule has 0 saturated heterocycles. The van der Waals surface area contributed by atoms with Crippen molar-refractivity contribution >= 4 is 5.97 Å². The Morgan fingerprint density at radius 2 is 2.13 bits per heavy atom. The SMILES string of the molecule is COc1ncc(C(F)(F)F)c(C(=O)O)n1. The fraction of sp³-hybridized carbons (Fsp3) is 0.286. The summed E-state index contributed by atoms with van der Waals surface area (Å²) in [5.74, 6) is -1.79. The summed E-state index contributed by atoms with van der Waals surface area (Å²) in [5, 5.41) is 8.50. The third-order valence-electron chi connectivity index (χ3n) is 1.46. The van der Waals surface area contributed by atoms with Gasteiger partial charge in [-0.25, -0.2) is 9.78 Å². The summed E-state index contributed by atoms with van der Waals surface area (Å²) in [5.41, 5.74) is -2.54. The van der Waals surface area contributed by atoms with Crippen molar-refractivity contribution in [2.24, 2.45) is 0 Å². The molecule has 0 unspecified atom stereocenters. The molecule has 1 rings (SSSR count). The van der Waals surface area contributed by atoms with Crippen molar-refractivity contribution in [3.05, 3.63) is 17.5 Å². The molecule has 8 heteroatoms. The van der Waals surface area contributed by atoms with E-state index in [2.05, 4.69) is 14.7 Å². The summed E-state index contributed by atoms with van der Waals surface area (Å²) in [6, 6.07) is -0.430. The molecule has 0 spiro atoms. The zero-order valence-corrected chi connectivity index (χ0v) is 7.37. The molecule has 0 aromatic carbocycles. The Kier molecular flexibility index (Phi) is 2.78. The van der Waals surface area contributed by atoms with Crippen LogP contribution in [0.3, 0.4) is 0 Å². The molecule has 1 heterocycles. The second-order valence-corrected chi connectivity index (χ2v) is 2.42. The van der Waals surface area contributed by atoms with E-state index in [4.69, 9.17) is 5.11 Å². The van der Waals surface area contributed by atoms with Crippen LogP contribution in [0.5, 0.6) is 6.01 Å². The number of hydrogen-bond donors (Lipinski definition) is 1. The summed E-state index contributed by atoms with van der Waals surface area (Å²) >= 11 is 0. The predicted octanol–water partition coefficient (Wildman–Crippen LogP) is 1.20. The zero-order chi connectivity index (χ0) is 11.6. The van der Waals surface area contributed by atoms with Gasteiger partial charge in [0, 0.05) is 6.20 Å². The molecule has 0 saturated carbocycles. The first-order chi connectivity index (χ1) is 6.86. The van der Waals surface area contributed by atoms with Gasteiger partial charge < -0.3 is 9.84 Å². The van der Waals surface area contributed by atoms with Crippen molar-refractivity contribution in [1.29, 1.82) is 0 Å². The number of alkyl halides is 3. The third kappa shape index (κ3) is 2.33. The quantitative estimate of drug-likeness (QED) is 0.813. The molecule has 0 aliphatic heterocycles. The molecule has 0 atom stereocenters. The van der Waals surface area contributed by atoms with Crippen molar-refractivity contribution in [2.45, 2.75) is 6.18 Å². The first-order valence-corrected chi connectivity index (χ1v) is 3.57. The molecule has 1 N–H and O–H groups in total. The van der Waals surface area contributed by atoms with Crippen LogP contribution in [0.4, 0.5) is 13.2 Å². The fourth-order valence-electron chi connectivity index (χ4n) is 0.834. The molecule has 1 aromatic rings. The Bertz CT molecular complexity index is 392. The van der Waals surface area contributed by atoms with Gasteiger partial charge >= 0.3 is 18.2 Å². The van der Waals surface area contributed by atoms with Crippen LogP contribution < -0.4 is 4.74 Å². The van der Waals surface area contributed by atoms with E-state index in [0.29, 0.717) is 6.20 Å². The minimum Gasteiger partial charge on any atom is -0.476 e. The second-order valence-electron chi connectivity index (χ2n) is 2.42. The molecule has 0 aliphatic rings. The number of carboxylic acid groups (broad SMARTS) is 1. The topological polar surface area (TPSA) is 72.3 Å². The van der Waals surface area contributed by atoms with Gasteiger partial charge in [-0.15, -0.1) is 0 Å². The van der Waals surface area contributed by atoms with Crippen molar-refractivity contribution in [2.75, 3.05) is 7.11 Å². The molecule has 5 nitrogen and oxygen atoms in total. The molecule has 0 amide bonds. The van der Waals surface area contributed by atoms with Gasteiger partial charge in [0.2, 0.25) is 0 Å². The second kappa shape index (κ2) is 3.71. The first kappa shape index (κ1) is 11.2. The van der Waals surface area contributed by atoms with Gasteiger partial charge in [0.25, 0.3) is 0 Å². The lowest BCUT2D eigenvalue weighted by Gasteiger charge is -2.08. The highest BCUT2D eigenvalue weighted by Crippen LogP contribution is 2.31. The van der Waals surface area contributed by atoms with E-state index in [0.717, 1.165) is 7.11 Å². The number of carbonyl (C=O) groups is 1. The Morgan fingerprint density at radius 3 is 2.53 bits per heavy atom. The van der Waals surface area contributed by atoms with Crippen molar-refractivity contribution < 1.29 is 27.8 Å². The minimum absolute atomic E-state index is 0.370. The molecule has 82 valence electrons. The predicted molar refractivity (Wildman–Crippen MR) is 40.5 cm³/mol. The number of rotatable bonds is 2. The van der Waals surface area contributed by atoms with Crippen molar-refractivity contribution in [3.63, 3.8) is 0 Å². The molecule has 1 aromatic heterocycles. The van der Waals surface area contributed by atoms with Crippen LogP contribution in [0.25, 0.3) is 0 Å². The van der Waals surface area contributed by atoms with Gasteiger partial charge in [-0.1, -0.05) is 0 Å². The van der Waals surface area contributed by atoms with Crippen LogP contribution in [-0.4, -0.2) is 28.2 Å². The fourth-order valence-corrected chi connectivity index (χ4v) is 0.834. The average molecular weight is 222 g/mol. The summed E-state index contributed by atoms with van der Waals surface area (Å²) < 4.78 is 41.2. The smallest absolute Gasteiger partial charge is 0.420 e. The Hall–Kier alpha value is -1.86. The normalized spacial score (nSPS) is 11.2. The largest absolute Gasteiger partial charge is 0.476 e. The van der Waals surface area contributed by atoms with Gasteiger partial charge in [-0.05, 0) is 0 Å². The molecule has 0 fully saturated rings. The van der Waals surface area contributed by atoms with E-state index in [1.54, 1.807) is 0 Å². The molecular weight excluding hydrogens is 217 g/mol. The van der Waals surface area contributed by atoms with Crippen LogP contribution in [0, 0.1) is 0 Å². The van der Waals surface area contributed by atoms with Crippen LogP contribution >= 0.6 is 0 Å². The van der Waals surface area contributed by atoms with E-state index in [9.17, 15) is 18.0 Å². The number of nitrogens with zero attached hydrogens (tertiary/aromatic N) is 2. The number of aromatic carboxylic acids is 1. The zero-order valence-electron chi connectivity index (χ0n) is 7.37. The Balaban J connectivity index is 3.34. The highest BCUT2D eigenvalue weighted by atomic mass is 19.4. The molecule has 15 heavy (non-hydrogen) atoms. The maximum absolute atomic E-state index is 12.3. The van der Waals surface area contributed by atoms with Gasteiger partial charge in [-0.2, -0.15) is 18.2 Å². The maximum atomic E-state index is 12.3. The van der Waals surface area contributed by atoms with E-state index in [1.165, 1.54) is 0 Å². The van der Waals surface area contributed by atoms with Crippen LogP contribution in [0.15, 0.2) is 6.20 Å². The van der Waals surface area contributed by atoms with E-state index >= 15 is 0 Å². The third-order valence-corrected chi connectivity index (χ3v) is 1.46. The van der Waals surface area contributed by atoms with Crippen molar-refractivity contribution in [1.82, 2.24) is 9.97 Å². The molecular formula is C7H5F3N2O3. The van der Waals surface area contributed by atoms with Crippen molar-refractivity contribution in [3.8, 4) is 6.01 Å². The summed E-state index contributed by atoms with van der Waals surface area (Å²) in [6.45, 7) is 0. The average Bonchev–Trinajstić information content (AvgIpc) is 2.15. The van der Waals surface area contributed by atoms with Gasteiger partial charge in [0.1, 0.15) is 5.56 Å². The molecule has 0 radical (unpaired) electrons. The maximum Gasteiger partial charge on any atom is 0.420 e. The lowest BCUT2D eigenvalue weighted by Crippen LogP contribution is -2.16. The van der Waals surface area contributed by atoms with Gasteiger partial charge in [0.05, 0.1) is 7.11 Å². The van der Waals surface area contributed by atoms with E-state index in [1.807, 2.05) is 0 Å². The van der Waals surface area contributed by atoms with Crippen LogP contribution in [0.2, 0.25) is 0 Å². The Labute approximate surface area is 81.5 Å². The number of methoxy groups -OCH3 is 1. The number of hydrogen-bond acceptors (Lipinski definition) is 4. The number of halogens is 3. The first-order valence-electron chi connectivity index (χ1n) is 3.57. The molecule has 0 aliphatic carbocycles. The molecule has 0 bridgehead atoms. The lowest BCUT2D eigenvalue weighted by molar-refractivity contribution is -0.138. The summed E-state index contributed by atoms with van der Waals surface area (Å²) in [6.07, 6.45) is -4.44. The van der Waals surface area contributed by atoms with E-state index in [-0.39, 0.29) is 0 Å². The van der Waals surface area contributed by atoms with E-state index < -0.39 is 29.4 Å². The highest BCUT2D eigenvalue weighted by Gasteiger charge is 2.37. The minimum atomic E-state index is -4.81. The number of carboxylic acids is 1. The lowest BCUT2D eigenvalue weighted by atomic mass is 10.2.